The van der Waals surface area contributed by atoms with Crippen LogP contribution in [0.15, 0.2) is 18.2 Å². The van der Waals surface area contributed by atoms with Crippen molar-refractivity contribution in [2.45, 2.75) is 32.2 Å². The molecule has 7 heteroatoms. The third-order valence-electron chi connectivity index (χ3n) is 3.43. The van der Waals surface area contributed by atoms with Gasteiger partial charge in [-0.25, -0.2) is 4.39 Å². The topological polar surface area (TPSA) is 92.5 Å². The zero-order valence-electron chi connectivity index (χ0n) is 11.4. The standard InChI is InChI=1S/C13H17FN2O4/c1-3-13(4-2,8-17)15-12(18)10-7-9(14)5-6-11(10)16(19)20/h5-7,17H,3-4,8H2,1-2H3,(H,15,18). The number of carbonyl (C=O) groups excluding carboxylic acids is 1. The van der Waals surface area contributed by atoms with Crippen molar-refractivity contribution in [2.24, 2.45) is 0 Å². The molecule has 1 amide bonds. The van der Waals surface area contributed by atoms with Crippen LogP contribution < -0.4 is 5.32 Å². The number of nitrogens with one attached hydrogen (secondary N) is 1. The number of benzene rings is 1. The molecule has 0 fully saturated rings. The third kappa shape index (κ3) is 3.30. The van der Waals surface area contributed by atoms with E-state index in [1.165, 1.54) is 0 Å². The number of nitro benzene ring substituents is 1. The van der Waals surface area contributed by atoms with E-state index < -0.39 is 27.9 Å². The van der Waals surface area contributed by atoms with Crippen molar-refractivity contribution in [3.05, 3.63) is 39.7 Å². The fraction of sp³-hybridized carbons (Fsp3) is 0.462. The molecule has 6 nitrogen and oxygen atoms in total. The Hall–Kier alpha value is -2.02. The molecule has 0 bridgehead atoms. The van der Waals surface area contributed by atoms with Gasteiger partial charge in [0, 0.05) is 6.07 Å². The number of aliphatic hydroxyl groups excluding tert-OH is 1. The zero-order valence-corrected chi connectivity index (χ0v) is 11.4. The molecule has 1 aromatic carbocycles. The van der Waals surface area contributed by atoms with Gasteiger partial charge in [0.1, 0.15) is 11.4 Å². The maximum absolute atomic E-state index is 13.2. The molecule has 0 aliphatic heterocycles. The number of aliphatic hydroxyl groups is 1. The van der Waals surface area contributed by atoms with Gasteiger partial charge in [-0.15, -0.1) is 0 Å². The normalized spacial score (nSPS) is 11.2. The average molecular weight is 284 g/mol. The minimum atomic E-state index is -0.864. The first-order valence-electron chi connectivity index (χ1n) is 6.26. The zero-order chi connectivity index (χ0) is 15.3. The number of hydrogen-bond donors (Lipinski definition) is 2. The van der Waals surface area contributed by atoms with Gasteiger partial charge < -0.3 is 10.4 Å². The SMILES string of the molecule is CCC(CC)(CO)NC(=O)c1cc(F)ccc1[N+](=O)[O-]. The summed E-state index contributed by atoms with van der Waals surface area (Å²) in [5, 5.41) is 22.8. The molecule has 0 radical (unpaired) electrons. The van der Waals surface area contributed by atoms with Crippen LogP contribution in [0, 0.1) is 15.9 Å². The fourth-order valence-electron chi connectivity index (χ4n) is 1.85. The summed E-state index contributed by atoms with van der Waals surface area (Å²) in [6.45, 7) is 3.26. The Kier molecular flexibility index (Phi) is 5.15. The van der Waals surface area contributed by atoms with Crippen LogP contribution in [0.4, 0.5) is 10.1 Å². The van der Waals surface area contributed by atoms with Crippen molar-refractivity contribution < 1.29 is 19.2 Å². The predicted molar refractivity (Wildman–Crippen MR) is 70.9 cm³/mol. The Morgan fingerprint density at radius 3 is 2.50 bits per heavy atom. The van der Waals surface area contributed by atoms with Gasteiger partial charge in [0.05, 0.1) is 17.1 Å². The fourth-order valence-corrected chi connectivity index (χ4v) is 1.85. The van der Waals surface area contributed by atoms with Crippen molar-refractivity contribution >= 4 is 11.6 Å². The van der Waals surface area contributed by atoms with Gasteiger partial charge in [0.15, 0.2) is 0 Å². The molecule has 1 aromatic rings. The summed E-state index contributed by atoms with van der Waals surface area (Å²) < 4.78 is 13.2. The molecule has 2 N–H and O–H groups in total. The number of nitro groups is 1. The number of amides is 1. The van der Waals surface area contributed by atoms with E-state index in [9.17, 15) is 24.4 Å². The highest BCUT2D eigenvalue weighted by molar-refractivity contribution is 5.98. The Labute approximate surface area is 115 Å². The maximum atomic E-state index is 13.2. The molecular formula is C13H17FN2O4. The first-order valence-corrected chi connectivity index (χ1v) is 6.26. The van der Waals surface area contributed by atoms with E-state index in [0.29, 0.717) is 12.8 Å². The molecule has 0 spiro atoms. The summed E-state index contributed by atoms with van der Waals surface area (Å²) in [4.78, 5) is 22.2. The van der Waals surface area contributed by atoms with Gasteiger partial charge in [-0.05, 0) is 25.0 Å². The largest absolute Gasteiger partial charge is 0.394 e. The number of hydrogen-bond acceptors (Lipinski definition) is 4. The van der Waals surface area contributed by atoms with E-state index in [4.69, 9.17) is 0 Å². The molecule has 0 atom stereocenters. The number of rotatable bonds is 6. The molecule has 0 aliphatic carbocycles. The highest BCUT2D eigenvalue weighted by Crippen LogP contribution is 2.22. The lowest BCUT2D eigenvalue weighted by Crippen LogP contribution is -2.50. The molecule has 0 aromatic heterocycles. The van der Waals surface area contributed by atoms with Crippen LogP contribution in [-0.4, -0.2) is 28.1 Å². The van der Waals surface area contributed by atoms with Crippen LogP contribution in [0.1, 0.15) is 37.0 Å². The molecule has 0 aliphatic rings. The lowest BCUT2D eigenvalue weighted by molar-refractivity contribution is -0.385. The van der Waals surface area contributed by atoms with Crippen LogP contribution in [0.2, 0.25) is 0 Å². The smallest absolute Gasteiger partial charge is 0.282 e. The highest BCUT2D eigenvalue weighted by atomic mass is 19.1. The summed E-state index contributed by atoms with van der Waals surface area (Å²) in [5.74, 6) is -1.50. The van der Waals surface area contributed by atoms with E-state index in [2.05, 4.69) is 5.32 Å². The predicted octanol–water partition coefficient (Wildman–Crippen LogP) is 2.01. The van der Waals surface area contributed by atoms with Crippen LogP contribution in [0.5, 0.6) is 0 Å². The molecule has 110 valence electrons. The second kappa shape index (κ2) is 6.42. The minimum absolute atomic E-state index is 0.297. The maximum Gasteiger partial charge on any atom is 0.282 e. The highest BCUT2D eigenvalue weighted by Gasteiger charge is 2.30. The van der Waals surface area contributed by atoms with Crippen LogP contribution in [0.25, 0.3) is 0 Å². The van der Waals surface area contributed by atoms with E-state index in [0.717, 1.165) is 18.2 Å². The van der Waals surface area contributed by atoms with Crippen molar-refractivity contribution in [2.75, 3.05) is 6.61 Å². The molecule has 0 unspecified atom stereocenters. The molecular weight excluding hydrogens is 267 g/mol. The summed E-state index contributed by atoms with van der Waals surface area (Å²) in [7, 11) is 0. The van der Waals surface area contributed by atoms with E-state index in [1.807, 2.05) is 0 Å². The van der Waals surface area contributed by atoms with E-state index >= 15 is 0 Å². The Bertz CT molecular complexity index is 507. The Morgan fingerprint density at radius 2 is 2.05 bits per heavy atom. The second-order valence-corrected chi connectivity index (χ2v) is 4.52. The summed E-state index contributed by atoms with van der Waals surface area (Å²) >= 11 is 0. The summed E-state index contributed by atoms with van der Waals surface area (Å²) in [6, 6.07) is 2.69. The van der Waals surface area contributed by atoms with Crippen LogP contribution in [0.3, 0.4) is 0 Å². The first-order chi connectivity index (χ1) is 9.39. The van der Waals surface area contributed by atoms with Crippen molar-refractivity contribution in [3.8, 4) is 0 Å². The first kappa shape index (κ1) is 16.0. The lowest BCUT2D eigenvalue weighted by atomic mass is 9.93. The van der Waals surface area contributed by atoms with Gasteiger partial charge in [-0.3, -0.25) is 14.9 Å². The number of nitrogens with zero attached hydrogens (tertiary/aromatic N) is 1. The Balaban J connectivity index is 3.15. The quantitative estimate of drug-likeness (QED) is 0.617. The van der Waals surface area contributed by atoms with Gasteiger partial charge in [-0.2, -0.15) is 0 Å². The molecule has 1 rings (SSSR count). The number of carbonyl (C=O) groups is 1. The average Bonchev–Trinajstić information content (AvgIpc) is 2.44. The van der Waals surface area contributed by atoms with Gasteiger partial charge in [-0.1, -0.05) is 13.8 Å². The second-order valence-electron chi connectivity index (χ2n) is 4.52. The van der Waals surface area contributed by atoms with Gasteiger partial charge in [0.2, 0.25) is 0 Å². The molecule has 20 heavy (non-hydrogen) atoms. The monoisotopic (exact) mass is 284 g/mol. The Morgan fingerprint density at radius 1 is 1.45 bits per heavy atom. The number of halogens is 1. The van der Waals surface area contributed by atoms with E-state index in [-0.39, 0.29) is 12.2 Å². The summed E-state index contributed by atoms with van der Waals surface area (Å²) in [5.41, 5.74) is -1.69. The minimum Gasteiger partial charge on any atom is -0.394 e. The molecule has 0 saturated heterocycles. The van der Waals surface area contributed by atoms with Crippen molar-refractivity contribution in [1.82, 2.24) is 5.32 Å². The molecule has 0 saturated carbocycles. The van der Waals surface area contributed by atoms with Gasteiger partial charge in [0.25, 0.3) is 11.6 Å². The van der Waals surface area contributed by atoms with Gasteiger partial charge >= 0.3 is 0 Å². The van der Waals surface area contributed by atoms with Crippen LogP contribution >= 0.6 is 0 Å². The van der Waals surface area contributed by atoms with Crippen molar-refractivity contribution in [3.63, 3.8) is 0 Å². The van der Waals surface area contributed by atoms with E-state index in [1.54, 1.807) is 13.8 Å². The summed E-state index contributed by atoms with van der Waals surface area (Å²) in [6.07, 6.45) is 0.906. The van der Waals surface area contributed by atoms with Crippen molar-refractivity contribution in [1.29, 1.82) is 0 Å². The lowest BCUT2D eigenvalue weighted by Gasteiger charge is -2.30. The van der Waals surface area contributed by atoms with Crippen LogP contribution in [-0.2, 0) is 0 Å². The third-order valence-corrected chi connectivity index (χ3v) is 3.43. The molecule has 0 heterocycles.